The number of hydrogen-bond donors (Lipinski definition) is 0. The number of allylic oxidation sites excluding steroid dienone is 1. The van der Waals surface area contributed by atoms with Crippen LogP contribution in [0.4, 0.5) is 0 Å². The zero-order valence-electron chi connectivity index (χ0n) is 10.9. The van der Waals surface area contributed by atoms with Crippen LogP contribution in [0.1, 0.15) is 38.7 Å². The van der Waals surface area contributed by atoms with Crippen molar-refractivity contribution in [3.05, 3.63) is 48.6 Å². The van der Waals surface area contributed by atoms with Crippen molar-refractivity contribution in [2.75, 3.05) is 0 Å². The fourth-order valence-electron chi connectivity index (χ4n) is 1.70. The third-order valence-electron chi connectivity index (χ3n) is 3.19. The third-order valence-corrected chi connectivity index (χ3v) is 3.19. The first-order valence-electron chi connectivity index (χ1n) is 6.27. The monoisotopic (exact) mass is 230 g/mol. The van der Waals surface area contributed by atoms with Crippen LogP contribution in [-0.2, 0) is 11.2 Å². The summed E-state index contributed by atoms with van der Waals surface area (Å²) in [6.07, 6.45) is 5.50. The van der Waals surface area contributed by atoms with Crippen molar-refractivity contribution in [3.63, 3.8) is 0 Å². The molecule has 0 bridgehead atoms. The summed E-state index contributed by atoms with van der Waals surface area (Å²) in [7, 11) is 0. The molecule has 0 aliphatic rings. The van der Waals surface area contributed by atoms with E-state index in [1.165, 1.54) is 5.56 Å². The Hall–Kier alpha value is -1.37. The molecule has 1 nitrogen and oxygen atoms in total. The van der Waals surface area contributed by atoms with Gasteiger partial charge in [0, 0.05) is 11.8 Å². The van der Waals surface area contributed by atoms with E-state index >= 15 is 0 Å². The molecule has 92 valence electrons. The summed E-state index contributed by atoms with van der Waals surface area (Å²) < 4.78 is 0. The Morgan fingerprint density at radius 1 is 1.24 bits per heavy atom. The maximum atomic E-state index is 11.8. The molecule has 0 aromatic heterocycles. The lowest BCUT2D eigenvalue weighted by atomic mass is 9.85. The summed E-state index contributed by atoms with van der Waals surface area (Å²) in [6.45, 7) is 7.57. The van der Waals surface area contributed by atoms with E-state index in [1.807, 2.05) is 19.9 Å². The van der Waals surface area contributed by atoms with Gasteiger partial charge in [0.05, 0.1) is 0 Å². The van der Waals surface area contributed by atoms with Gasteiger partial charge in [-0.15, -0.1) is 6.58 Å². The van der Waals surface area contributed by atoms with Crippen LogP contribution in [0, 0.1) is 5.41 Å². The first-order valence-corrected chi connectivity index (χ1v) is 6.27. The van der Waals surface area contributed by atoms with Gasteiger partial charge in [0.2, 0.25) is 0 Å². The molecule has 1 aromatic rings. The average molecular weight is 230 g/mol. The predicted octanol–water partition coefficient (Wildman–Crippen LogP) is 4.18. The van der Waals surface area contributed by atoms with Crippen molar-refractivity contribution in [1.29, 1.82) is 0 Å². The molecule has 0 unspecified atom stereocenters. The highest BCUT2D eigenvalue weighted by atomic mass is 16.1. The lowest BCUT2D eigenvalue weighted by Gasteiger charge is -2.17. The zero-order chi connectivity index (χ0) is 12.7. The fraction of sp³-hybridized carbons (Fsp3) is 0.438. The number of aryl methyl sites for hydroxylation is 1. The van der Waals surface area contributed by atoms with Gasteiger partial charge in [0.15, 0.2) is 0 Å². The topological polar surface area (TPSA) is 17.1 Å². The molecule has 0 saturated carbocycles. The zero-order valence-corrected chi connectivity index (χ0v) is 10.9. The van der Waals surface area contributed by atoms with E-state index in [-0.39, 0.29) is 5.41 Å². The summed E-state index contributed by atoms with van der Waals surface area (Å²) in [5.74, 6) is 0.292. The Morgan fingerprint density at radius 3 is 2.47 bits per heavy atom. The highest BCUT2D eigenvalue weighted by Gasteiger charge is 2.22. The van der Waals surface area contributed by atoms with E-state index in [4.69, 9.17) is 0 Å². The van der Waals surface area contributed by atoms with Gasteiger partial charge in [-0.25, -0.2) is 0 Å². The number of hydrogen-bond acceptors (Lipinski definition) is 1. The highest BCUT2D eigenvalue weighted by molar-refractivity contribution is 5.85. The third kappa shape index (κ3) is 4.56. The number of unbranched alkanes of at least 4 members (excludes halogenated alkanes) is 1. The van der Waals surface area contributed by atoms with E-state index < -0.39 is 0 Å². The van der Waals surface area contributed by atoms with E-state index in [1.54, 1.807) is 6.08 Å². The van der Waals surface area contributed by atoms with Crippen LogP contribution in [0.15, 0.2) is 43.0 Å². The van der Waals surface area contributed by atoms with Crippen molar-refractivity contribution in [2.24, 2.45) is 5.41 Å². The number of Topliss-reactive ketones (excluding diaryl/α,β-unsaturated/α-hetero) is 1. The smallest absolute Gasteiger partial charge is 0.142 e. The van der Waals surface area contributed by atoms with Gasteiger partial charge in [-0.05, 0) is 38.7 Å². The van der Waals surface area contributed by atoms with Gasteiger partial charge in [-0.2, -0.15) is 0 Å². The number of carbonyl (C=O) groups is 1. The maximum Gasteiger partial charge on any atom is 0.142 e. The minimum absolute atomic E-state index is 0.292. The molecule has 0 aliphatic heterocycles. The highest BCUT2D eigenvalue weighted by Crippen LogP contribution is 2.21. The van der Waals surface area contributed by atoms with Crippen LogP contribution >= 0.6 is 0 Å². The van der Waals surface area contributed by atoms with Crippen LogP contribution in [0.3, 0.4) is 0 Å². The van der Waals surface area contributed by atoms with Crippen LogP contribution in [0.5, 0.6) is 0 Å². The summed E-state index contributed by atoms with van der Waals surface area (Å²) >= 11 is 0. The Morgan fingerprint density at radius 2 is 1.88 bits per heavy atom. The summed E-state index contributed by atoms with van der Waals surface area (Å²) in [5.41, 5.74) is 0.982. The normalized spacial score (nSPS) is 11.2. The fourth-order valence-corrected chi connectivity index (χ4v) is 1.70. The number of rotatable bonds is 7. The minimum Gasteiger partial charge on any atom is -0.299 e. The first kappa shape index (κ1) is 13.7. The molecule has 0 N–H and O–H groups in total. The standard InChI is InChI=1S/C16H22O/c1-4-16(2,3)15(17)13-9-8-12-14-10-6-5-7-11-14/h4-7,10-11H,1,8-9,12-13H2,2-3H3. The van der Waals surface area contributed by atoms with Gasteiger partial charge in [-0.3, -0.25) is 4.79 Å². The molecule has 0 aliphatic carbocycles. The SMILES string of the molecule is C=CC(C)(C)C(=O)CCCCc1ccccc1. The van der Waals surface area contributed by atoms with E-state index in [9.17, 15) is 4.79 Å². The summed E-state index contributed by atoms with van der Waals surface area (Å²) in [4.78, 5) is 11.8. The quantitative estimate of drug-likeness (QED) is 0.507. The molecule has 0 amide bonds. The molecule has 0 heterocycles. The Balaban J connectivity index is 2.25. The number of ketones is 1. The van der Waals surface area contributed by atoms with Crippen LogP contribution in [0.2, 0.25) is 0 Å². The molecule has 0 atom stereocenters. The van der Waals surface area contributed by atoms with Crippen molar-refractivity contribution < 1.29 is 4.79 Å². The van der Waals surface area contributed by atoms with E-state index in [0.29, 0.717) is 12.2 Å². The molecular formula is C16H22O. The Labute approximate surface area is 105 Å². The average Bonchev–Trinajstić information content (AvgIpc) is 2.35. The van der Waals surface area contributed by atoms with Gasteiger partial charge < -0.3 is 0 Å². The predicted molar refractivity (Wildman–Crippen MR) is 73.0 cm³/mol. The second-order valence-corrected chi connectivity index (χ2v) is 5.04. The van der Waals surface area contributed by atoms with Gasteiger partial charge >= 0.3 is 0 Å². The molecule has 1 rings (SSSR count). The molecule has 0 spiro atoms. The van der Waals surface area contributed by atoms with Crippen molar-refractivity contribution in [1.82, 2.24) is 0 Å². The second-order valence-electron chi connectivity index (χ2n) is 5.04. The van der Waals surface area contributed by atoms with Crippen LogP contribution in [-0.4, -0.2) is 5.78 Å². The lowest BCUT2D eigenvalue weighted by Crippen LogP contribution is -2.20. The molecular weight excluding hydrogens is 208 g/mol. The molecule has 0 fully saturated rings. The first-order chi connectivity index (χ1) is 8.06. The van der Waals surface area contributed by atoms with Gasteiger partial charge in [0.1, 0.15) is 5.78 Å². The van der Waals surface area contributed by atoms with Crippen molar-refractivity contribution in [3.8, 4) is 0 Å². The molecule has 1 aromatic carbocycles. The largest absolute Gasteiger partial charge is 0.299 e. The van der Waals surface area contributed by atoms with E-state index in [0.717, 1.165) is 19.3 Å². The lowest BCUT2D eigenvalue weighted by molar-refractivity contribution is -0.125. The molecule has 0 radical (unpaired) electrons. The summed E-state index contributed by atoms with van der Waals surface area (Å²) in [6, 6.07) is 10.4. The molecule has 17 heavy (non-hydrogen) atoms. The van der Waals surface area contributed by atoms with E-state index in [2.05, 4.69) is 30.8 Å². The molecule has 0 saturated heterocycles. The minimum atomic E-state index is -0.368. The van der Waals surface area contributed by atoms with Crippen molar-refractivity contribution in [2.45, 2.75) is 39.5 Å². The Bertz CT molecular complexity index is 362. The molecule has 1 heteroatoms. The Kier molecular flexibility index (Phi) is 5.14. The summed E-state index contributed by atoms with van der Waals surface area (Å²) in [5, 5.41) is 0. The number of carbonyl (C=O) groups excluding carboxylic acids is 1. The van der Waals surface area contributed by atoms with Crippen LogP contribution < -0.4 is 0 Å². The van der Waals surface area contributed by atoms with Gasteiger partial charge in [0.25, 0.3) is 0 Å². The maximum absolute atomic E-state index is 11.8. The second kappa shape index (κ2) is 6.39. The van der Waals surface area contributed by atoms with Gasteiger partial charge in [-0.1, -0.05) is 36.4 Å². The van der Waals surface area contributed by atoms with Crippen molar-refractivity contribution >= 4 is 5.78 Å². The number of benzene rings is 1. The van der Waals surface area contributed by atoms with Crippen LogP contribution in [0.25, 0.3) is 0 Å².